The van der Waals surface area contributed by atoms with Crippen LogP contribution in [0.4, 0.5) is 0 Å². The zero-order chi connectivity index (χ0) is 13.9. The number of halogens is 1. The molecule has 19 heavy (non-hydrogen) atoms. The van der Waals surface area contributed by atoms with Gasteiger partial charge in [0.1, 0.15) is 5.41 Å². The second-order valence-electron chi connectivity index (χ2n) is 4.54. The molecular formula is C13H15ClKNO3. The maximum atomic E-state index is 11.9. The van der Waals surface area contributed by atoms with Crippen molar-refractivity contribution in [3.63, 3.8) is 0 Å². The number of Topliss-reactive ketones (excluding diaryl/α,β-unsaturated/α-hetero) is 1. The van der Waals surface area contributed by atoms with E-state index in [4.69, 9.17) is 22.1 Å². The Hall–Kier alpha value is -0.0436. The third kappa shape index (κ3) is 5.09. The van der Waals surface area contributed by atoms with Crippen molar-refractivity contribution in [2.45, 2.75) is 20.3 Å². The number of hydrogen-bond acceptors (Lipinski definition) is 3. The fourth-order valence-corrected chi connectivity index (χ4v) is 1.62. The molecule has 1 rings (SSSR count). The molecule has 6 heteroatoms. The summed E-state index contributed by atoms with van der Waals surface area (Å²) in [6.07, 6.45) is 0.0795. The van der Waals surface area contributed by atoms with Crippen molar-refractivity contribution in [1.29, 1.82) is 5.41 Å². The normalized spacial score (nSPS) is 10.5. The number of carboxylic acid groups (broad SMARTS) is 1. The predicted octanol–water partition coefficient (Wildman–Crippen LogP) is 1.93. The van der Waals surface area contributed by atoms with E-state index < -0.39 is 17.2 Å². The van der Waals surface area contributed by atoms with E-state index in [2.05, 4.69) is 0 Å². The summed E-state index contributed by atoms with van der Waals surface area (Å²) in [7, 11) is 0. The van der Waals surface area contributed by atoms with Crippen LogP contribution in [-0.2, 0) is 16.0 Å². The van der Waals surface area contributed by atoms with E-state index in [-0.39, 0.29) is 63.5 Å². The van der Waals surface area contributed by atoms with Gasteiger partial charge in [-0.3, -0.25) is 9.59 Å². The van der Waals surface area contributed by atoms with E-state index >= 15 is 0 Å². The van der Waals surface area contributed by atoms with Crippen LogP contribution in [0, 0.1) is 10.8 Å². The number of carboxylic acids is 1. The molecule has 0 atom stereocenters. The molecule has 0 bridgehead atoms. The Morgan fingerprint density at radius 3 is 2.42 bits per heavy atom. The van der Waals surface area contributed by atoms with Crippen molar-refractivity contribution in [2.75, 3.05) is 0 Å². The van der Waals surface area contributed by atoms with Gasteiger partial charge < -0.3 is 10.5 Å². The van der Waals surface area contributed by atoms with Crippen LogP contribution in [0.25, 0.3) is 0 Å². The van der Waals surface area contributed by atoms with Gasteiger partial charge in [0.15, 0.2) is 5.78 Å². The van der Waals surface area contributed by atoms with Gasteiger partial charge in [-0.15, -0.1) is 0 Å². The predicted molar refractivity (Wildman–Crippen MR) is 76.5 cm³/mol. The molecule has 0 amide bonds. The average Bonchev–Trinajstić information content (AvgIpc) is 2.27. The number of carbonyl (C=O) groups excluding carboxylic acids is 1. The summed E-state index contributed by atoms with van der Waals surface area (Å²) in [6, 6.07) is 6.80. The molecule has 0 spiro atoms. The van der Waals surface area contributed by atoms with E-state index in [0.717, 1.165) is 0 Å². The van der Waals surface area contributed by atoms with Crippen molar-refractivity contribution < 1.29 is 14.7 Å². The van der Waals surface area contributed by atoms with E-state index in [1.165, 1.54) is 13.8 Å². The Bertz CT molecular complexity index is 514. The van der Waals surface area contributed by atoms with Crippen molar-refractivity contribution >= 4 is 80.4 Å². The molecule has 4 nitrogen and oxygen atoms in total. The van der Waals surface area contributed by atoms with Gasteiger partial charge in [-0.1, -0.05) is 23.7 Å². The molecule has 0 radical (unpaired) electrons. The van der Waals surface area contributed by atoms with Crippen LogP contribution in [-0.4, -0.2) is 74.0 Å². The topological polar surface area (TPSA) is 78.2 Å². The van der Waals surface area contributed by atoms with Crippen LogP contribution >= 0.6 is 11.6 Å². The monoisotopic (exact) mass is 307 g/mol. The second kappa shape index (κ2) is 7.66. The molecule has 0 aliphatic heterocycles. The van der Waals surface area contributed by atoms with Crippen LogP contribution in [0.2, 0.25) is 5.02 Å². The van der Waals surface area contributed by atoms with Crippen LogP contribution in [0.5, 0.6) is 0 Å². The van der Waals surface area contributed by atoms with E-state index in [9.17, 15) is 9.59 Å². The number of rotatable bonds is 5. The van der Waals surface area contributed by atoms with Gasteiger partial charge >= 0.3 is 57.4 Å². The minimum atomic E-state index is -1.57. The van der Waals surface area contributed by atoms with E-state index in [1.807, 2.05) is 0 Å². The van der Waals surface area contributed by atoms with Gasteiger partial charge in [-0.05, 0) is 31.5 Å². The summed E-state index contributed by atoms with van der Waals surface area (Å²) in [5.74, 6) is -1.92. The third-order valence-electron chi connectivity index (χ3n) is 2.65. The summed E-state index contributed by atoms with van der Waals surface area (Å²) in [4.78, 5) is 22.8. The molecule has 0 unspecified atom stereocenters. The standard InChI is InChI=1S/C13H14ClNO3.K.H/c1-13(2,12(17)18)11(16)10(15)7-8-4-3-5-9(14)6-8;;/h3-6,15H,7H2,1-2H3,(H,17,18);;. The number of carbonyl (C=O) groups is 2. The van der Waals surface area contributed by atoms with Crippen LogP contribution in [0.3, 0.4) is 0 Å². The summed E-state index contributed by atoms with van der Waals surface area (Å²) >= 11 is 5.80. The minimum absolute atomic E-state index is 0. The zero-order valence-corrected chi connectivity index (χ0v) is 10.9. The molecule has 0 aromatic heterocycles. The SMILES string of the molecule is CC(C)(C(=O)O)C(=O)C(=N)Cc1cccc(Cl)c1.[KH]. The average molecular weight is 308 g/mol. The number of aliphatic carboxylic acids is 1. The Kier molecular flexibility index (Phi) is 7.65. The number of nitrogens with one attached hydrogen (secondary N) is 1. The Labute approximate surface area is 159 Å². The van der Waals surface area contributed by atoms with Crippen molar-refractivity contribution in [1.82, 2.24) is 0 Å². The van der Waals surface area contributed by atoms with E-state index in [1.54, 1.807) is 24.3 Å². The summed E-state index contributed by atoms with van der Waals surface area (Å²) < 4.78 is 0. The molecule has 98 valence electrons. The molecule has 0 saturated carbocycles. The molecule has 0 fully saturated rings. The van der Waals surface area contributed by atoms with Crippen LogP contribution in [0.1, 0.15) is 19.4 Å². The first-order valence-electron chi connectivity index (χ1n) is 5.35. The molecule has 1 aromatic carbocycles. The Morgan fingerprint density at radius 1 is 1.37 bits per heavy atom. The molecular weight excluding hydrogens is 293 g/mol. The van der Waals surface area contributed by atoms with Gasteiger partial charge in [0, 0.05) is 11.4 Å². The van der Waals surface area contributed by atoms with Crippen molar-refractivity contribution in [3.05, 3.63) is 34.9 Å². The fraction of sp³-hybridized carbons (Fsp3) is 0.308. The number of hydrogen-bond donors (Lipinski definition) is 2. The Balaban J connectivity index is 0.00000324. The molecule has 2 N–H and O–H groups in total. The molecule has 0 saturated heterocycles. The third-order valence-corrected chi connectivity index (χ3v) is 2.88. The summed E-state index contributed by atoms with van der Waals surface area (Å²) in [5.41, 5.74) is -1.10. The first kappa shape index (κ1) is 19.0. The van der Waals surface area contributed by atoms with Gasteiger partial charge in [-0.25, -0.2) is 0 Å². The first-order valence-corrected chi connectivity index (χ1v) is 5.73. The maximum absolute atomic E-state index is 11.9. The van der Waals surface area contributed by atoms with Crippen molar-refractivity contribution in [3.8, 4) is 0 Å². The quantitative estimate of drug-likeness (QED) is 0.496. The second-order valence-corrected chi connectivity index (χ2v) is 4.98. The van der Waals surface area contributed by atoms with Crippen LogP contribution in [0.15, 0.2) is 24.3 Å². The number of benzene rings is 1. The van der Waals surface area contributed by atoms with Crippen molar-refractivity contribution in [2.24, 2.45) is 5.41 Å². The zero-order valence-electron chi connectivity index (χ0n) is 10.2. The van der Waals surface area contributed by atoms with Gasteiger partial charge in [0.05, 0.1) is 5.71 Å². The van der Waals surface area contributed by atoms with Gasteiger partial charge in [0.25, 0.3) is 0 Å². The molecule has 0 aliphatic carbocycles. The summed E-state index contributed by atoms with van der Waals surface area (Å²) in [6.45, 7) is 2.59. The first-order chi connectivity index (χ1) is 8.25. The molecule has 0 aliphatic rings. The molecule has 1 aromatic rings. The Morgan fingerprint density at radius 2 is 1.95 bits per heavy atom. The molecule has 0 heterocycles. The van der Waals surface area contributed by atoms with Crippen LogP contribution < -0.4 is 0 Å². The van der Waals surface area contributed by atoms with Gasteiger partial charge in [-0.2, -0.15) is 0 Å². The van der Waals surface area contributed by atoms with Gasteiger partial charge in [0.2, 0.25) is 0 Å². The summed E-state index contributed by atoms with van der Waals surface area (Å²) in [5, 5.41) is 17.1. The number of ketones is 1. The fourth-order valence-electron chi connectivity index (χ4n) is 1.41. The van der Waals surface area contributed by atoms with E-state index in [0.29, 0.717) is 10.6 Å².